The van der Waals surface area contributed by atoms with Gasteiger partial charge in [0.25, 0.3) is 0 Å². The van der Waals surface area contributed by atoms with Gasteiger partial charge in [0.1, 0.15) is 0 Å². The van der Waals surface area contributed by atoms with Crippen molar-refractivity contribution >= 4 is 11.9 Å². The molecule has 0 aromatic rings. The Labute approximate surface area is 197 Å². The monoisotopic (exact) mass is 465 g/mol. The Hall–Kier alpha value is -1.18. The van der Waals surface area contributed by atoms with E-state index in [9.17, 15) is 19.9 Å². The van der Waals surface area contributed by atoms with E-state index in [4.69, 9.17) is 5.26 Å². The van der Waals surface area contributed by atoms with E-state index in [-0.39, 0.29) is 11.5 Å². The van der Waals surface area contributed by atoms with Gasteiger partial charge in [-0.1, -0.05) is 33.6 Å². The van der Waals surface area contributed by atoms with E-state index in [1.54, 1.807) is 0 Å². The van der Waals surface area contributed by atoms with Crippen LogP contribution in [0.15, 0.2) is 0 Å². The van der Waals surface area contributed by atoms with E-state index in [0.29, 0.717) is 29.1 Å². The highest BCUT2D eigenvalue weighted by atomic mass is 17.1. The van der Waals surface area contributed by atoms with Gasteiger partial charge in [0.05, 0.1) is 0 Å². The van der Waals surface area contributed by atoms with Gasteiger partial charge in [-0.25, -0.2) is 4.79 Å². The molecule has 4 saturated carbocycles. The summed E-state index contributed by atoms with van der Waals surface area (Å²) >= 11 is 0. The normalized spacial score (nSPS) is 41.8. The summed E-state index contributed by atoms with van der Waals surface area (Å²) in [7, 11) is 0. The van der Waals surface area contributed by atoms with Crippen LogP contribution in [0.2, 0.25) is 0 Å². The number of carbonyl (C=O) groups excluding carboxylic acids is 2. The van der Waals surface area contributed by atoms with Gasteiger partial charge in [0.15, 0.2) is 6.23 Å². The molecule has 0 radical (unpaired) electrons. The number of hydrogen-bond donors (Lipinski definition) is 3. The lowest BCUT2D eigenvalue weighted by atomic mass is 9.44. The lowest BCUT2D eigenvalue weighted by molar-refractivity contribution is -0.248. The molecular formula is C26H43NO6. The minimum Gasteiger partial charge on any atom is -0.371 e. The predicted molar refractivity (Wildman–Crippen MR) is 122 cm³/mol. The highest BCUT2D eigenvalue weighted by Crippen LogP contribution is 2.68. The van der Waals surface area contributed by atoms with Gasteiger partial charge in [0, 0.05) is 0 Å². The van der Waals surface area contributed by atoms with E-state index in [1.807, 2.05) is 0 Å². The summed E-state index contributed by atoms with van der Waals surface area (Å²) in [6.45, 7) is 7.34. The fourth-order valence-corrected chi connectivity index (χ4v) is 9.27. The van der Waals surface area contributed by atoms with Crippen molar-refractivity contribution in [1.82, 2.24) is 5.06 Å². The van der Waals surface area contributed by atoms with E-state index in [0.717, 1.165) is 23.7 Å². The summed E-state index contributed by atoms with van der Waals surface area (Å²) in [6, 6.07) is 0. The quantitative estimate of drug-likeness (QED) is 0.173. The molecule has 7 nitrogen and oxygen atoms in total. The molecule has 4 aliphatic carbocycles. The number of aliphatic hydroxyl groups is 1. The first-order chi connectivity index (χ1) is 15.6. The Morgan fingerprint density at radius 1 is 0.970 bits per heavy atom. The number of hydrogen-bond acceptors (Lipinski definition) is 6. The lowest BCUT2D eigenvalue weighted by Gasteiger charge is -2.61. The van der Waals surface area contributed by atoms with Crippen molar-refractivity contribution in [3.63, 3.8) is 0 Å². The molecule has 3 N–H and O–H groups in total. The molecule has 9 atom stereocenters. The topological polar surface area (TPSA) is 107 Å². The van der Waals surface area contributed by atoms with Crippen LogP contribution in [-0.4, -0.2) is 38.7 Å². The van der Waals surface area contributed by atoms with E-state index >= 15 is 0 Å². The third-order valence-corrected chi connectivity index (χ3v) is 11.0. The minimum atomic E-state index is -1.62. The highest BCUT2D eigenvalue weighted by molar-refractivity contribution is 6.31. The zero-order chi connectivity index (χ0) is 24.0. The van der Waals surface area contributed by atoms with Gasteiger partial charge in [-0.15, -0.1) is 0 Å². The molecular weight excluding hydrogens is 422 g/mol. The fraction of sp³-hybridized carbons (Fsp3) is 0.923. The van der Waals surface area contributed by atoms with Crippen LogP contribution < -0.4 is 0 Å². The maximum Gasteiger partial charge on any atom is 0.432 e. The largest absolute Gasteiger partial charge is 0.432 e. The molecule has 0 bridgehead atoms. The molecule has 4 fully saturated rings. The molecule has 0 spiro atoms. The van der Waals surface area contributed by atoms with Crippen LogP contribution in [0.25, 0.3) is 0 Å². The Bertz CT molecular complexity index is 744. The molecule has 4 rings (SSSR count). The molecule has 188 valence electrons. The second-order valence-electron chi connectivity index (χ2n) is 12.2. The summed E-state index contributed by atoms with van der Waals surface area (Å²) in [5, 5.41) is 28.2. The van der Waals surface area contributed by atoms with Gasteiger partial charge >= 0.3 is 11.9 Å². The Morgan fingerprint density at radius 3 is 2.42 bits per heavy atom. The van der Waals surface area contributed by atoms with Crippen LogP contribution in [0.3, 0.4) is 0 Å². The average Bonchev–Trinajstić information content (AvgIpc) is 3.17. The van der Waals surface area contributed by atoms with Crippen molar-refractivity contribution in [3.8, 4) is 0 Å². The Kier molecular flexibility index (Phi) is 7.15. The summed E-state index contributed by atoms with van der Waals surface area (Å²) in [4.78, 5) is 26.0. The number of fused-ring (bicyclic) bond motifs is 5. The van der Waals surface area contributed by atoms with Gasteiger partial charge in [-0.05, 0) is 111 Å². The summed E-state index contributed by atoms with van der Waals surface area (Å²) in [5.74, 6) is 1.26. The number of rotatable bonds is 5. The molecule has 0 heterocycles. The van der Waals surface area contributed by atoms with Crippen LogP contribution in [0.1, 0.15) is 97.8 Å². The number of hydroxylamine groups is 2. The van der Waals surface area contributed by atoms with Crippen molar-refractivity contribution < 1.29 is 30.0 Å². The van der Waals surface area contributed by atoms with Gasteiger partial charge in [-0.3, -0.25) is 14.9 Å². The molecule has 7 heteroatoms. The van der Waals surface area contributed by atoms with Crippen molar-refractivity contribution in [2.45, 2.75) is 104 Å². The standard InChI is InChI=1S/C26H43NO6/c1-16(7-12-22(28)27(31)23(29)24(30)33-32)19-10-11-20-18-9-8-17-6-4-5-14-25(17,2)21(18)13-15-26(19,20)3/h16-22,28,31-32H,4-15H2,1-3H3/t16-,17?,18+,19-,20+,21+,22?,25+,26-/m1/s1. The van der Waals surface area contributed by atoms with E-state index < -0.39 is 18.1 Å². The summed E-state index contributed by atoms with van der Waals surface area (Å²) < 4.78 is 0. The third-order valence-electron chi connectivity index (χ3n) is 11.0. The molecule has 33 heavy (non-hydrogen) atoms. The first-order valence-corrected chi connectivity index (χ1v) is 13.2. The number of aliphatic hydroxyl groups excluding tert-OH is 1. The second kappa shape index (κ2) is 9.46. The number of nitrogens with zero attached hydrogens (tertiary/aromatic N) is 1. The van der Waals surface area contributed by atoms with Crippen LogP contribution in [0, 0.1) is 46.3 Å². The first-order valence-electron chi connectivity index (χ1n) is 13.2. The zero-order valence-electron chi connectivity index (χ0n) is 20.5. The number of carbonyl (C=O) groups is 2. The predicted octanol–water partition coefficient (Wildman–Crippen LogP) is 5.00. The van der Waals surface area contributed by atoms with Crippen LogP contribution >= 0.6 is 0 Å². The minimum absolute atomic E-state index is 0.0427. The lowest BCUT2D eigenvalue weighted by Crippen LogP contribution is -2.53. The smallest absolute Gasteiger partial charge is 0.371 e. The van der Waals surface area contributed by atoms with Crippen LogP contribution in [0.4, 0.5) is 0 Å². The molecule has 4 aliphatic rings. The van der Waals surface area contributed by atoms with Crippen LogP contribution in [0.5, 0.6) is 0 Å². The maximum absolute atomic E-state index is 11.6. The SMILES string of the molecule is C[C@H](CCC(O)N(O)C(=O)C(=O)OO)[C@H]1CC[C@H]2[C@@H]3CCC4CCCC[C@]4(C)[C@H]3CC[C@]12C. The van der Waals surface area contributed by atoms with Crippen molar-refractivity contribution in [2.24, 2.45) is 46.3 Å². The molecule has 2 unspecified atom stereocenters. The molecule has 1 amide bonds. The van der Waals surface area contributed by atoms with Gasteiger partial charge < -0.3 is 5.11 Å². The van der Waals surface area contributed by atoms with Crippen molar-refractivity contribution in [2.75, 3.05) is 0 Å². The zero-order valence-corrected chi connectivity index (χ0v) is 20.5. The van der Waals surface area contributed by atoms with Gasteiger partial charge in [0.2, 0.25) is 0 Å². The second-order valence-corrected chi connectivity index (χ2v) is 12.2. The summed E-state index contributed by atoms with van der Waals surface area (Å²) in [6.07, 6.45) is 12.9. The molecule has 0 aromatic heterocycles. The first kappa shape index (κ1) is 24.9. The Morgan fingerprint density at radius 2 is 1.70 bits per heavy atom. The average molecular weight is 466 g/mol. The highest BCUT2D eigenvalue weighted by Gasteiger charge is 2.60. The summed E-state index contributed by atoms with van der Waals surface area (Å²) in [5.41, 5.74) is 0.863. The maximum atomic E-state index is 11.6. The third kappa shape index (κ3) is 4.23. The molecule has 0 aromatic carbocycles. The van der Waals surface area contributed by atoms with Crippen LogP contribution in [-0.2, 0) is 14.5 Å². The number of amides is 1. The van der Waals surface area contributed by atoms with E-state index in [2.05, 4.69) is 25.7 Å². The molecule has 0 aliphatic heterocycles. The van der Waals surface area contributed by atoms with E-state index in [1.165, 1.54) is 64.2 Å². The van der Waals surface area contributed by atoms with Gasteiger partial charge in [-0.2, -0.15) is 10.3 Å². The fourth-order valence-electron chi connectivity index (χ4n) is 9.27. The molecule has 0 saturated heterocycles. The van der Waals surface area contributed by atoms with Crippen molar-refractivity contribution in [3.05, 3.63) is 0 Å². The van der Waals surface area contributed by atoms with Crippen molar-refractivity contribution in [1.29, 1.82) is 0 Å². The Balaban J connectivity index is 1.39.